The van der Waals surface area contributed by atoms with E-state index >= 15 is 0 Å². The summed E-state index contributed by atoms with van der Waals surface area (Å²) >= 11 is 0. The summed E-state index contributed by atoms with van der Waals surface area (Å²) < 4.78 is 38.3. The molecule has 0 radical (unpaired) electrons. The van der Waals surface area contributed by atoms with Gasteiger partial charge in [0.15, 0.2) is 0 Å². The highest BCUT2D eigenvalue weighted by molar-refractivity contribution is 6.01. The quantitative estimate of drug-likeness (QED) is 0.822. The van der Waals surface area contributed by atoms with E-state index in [-0.39, 0.29) is 23.9 Å². The van der Waals surface area contributed by atoms with Gasteiger partial charge in [0.25, 0.3) is 0 Å². The standard InChI is InChI=1S/C18H22F3N5O2/c19-18(20,21)14-10-12(6-7-23-14)11-24-17(28)26-13(4-3-5-15(26)22)16(27)25-8-1-2-9-25/h6-7,10,13,22H,1-5,8-9,11H2,(H,24,28). The zero-order valence-corrected chi connectivity index (χ0v) is 15.3. The Labute approximate surface area is 160 Å². The molecule has 2 aliphatic rings. The Morgan fingerprint density at radius 3 is 2.64 bits per heavy atom. The largest absolute Gasteiger partial charge is 0.433 e. The van der Waals surface area contributed by atoms with E-state index in [9.17, 15) is 22.8 Å². The molecule has 1 unspecified atom stereocenters. The van der Waals surface area contributed by atoms with Crippen LogP contribution in [0.1, 0.15) is 43.4 Å². The topological polar surface area (TPSA) is 89.4 Å². The molecule has 2 N–H and O–H groups in total. The molecule has 1 aromatic rings. The predicted octanol–water partition coefficient (Wildman–Crippen LogP) is 2.76. The van der Waals surface area contributed by atoms with Gasteiger partial charge in [-0.2, -0.15) is 13.2 Å². The van der Waals surface area contributed by atoms with Gasteiger partial charge in [-0.25, -0.2) is 4.79 Å². The number of likely N-dealkylation sites (tertiary alicyclic amines) is 2. The van der Waals surface area contributed by atoms with Gasteiger partial charge in [-0.05, 0) is 43.4 Å². The smallest absolute Gasteiger partial charge is 0.341 e. The van der Waals surface area contributed by atoms with Gasteiger partial charge in [0, 0.05) is 32.3 Å². The highest BCUT2D eigenvalue weighted by Crippen LogP contribution is 2.28. The summed E-state index contributed by atoms with van der Waals surface area (Å²) in [5.41, 5.74) is -0.798. The number of nitrogens with zero attached hydrogens (tertiary/aromatic N) is 3. The van der Waals surface area contributed by atoms with E-state index < -0.39 is 23.9 Å². The number of amides is 3. The minimum absolute atomic E-state index is 0.0482. The van der Waals surface area contributed by atoms with Gasteiger partial charge in [-0.3, -0.25) is 20.1 Å². The first-order valence-corrected chi connectivity index (χ1v) is 9.23. The summed E-state index contributed by atoms with van der Waals surface area (Å²) in [6, 6.07) is 0.869. The fraction of sp³-hybridized carbons (Fsp3) is 0.556. The maximum absolute atomic E-state index is 12.8. The van der Waals surface area contributed by atoms with Crippen LogP contribution in [0.25, 0.3) is 0 Å². The number of carbonyl (C=O) groups is 2. The van der Waals surface area contributed by atoms with Crippen molar-refractivity contribution < 1.29 is 22.8 Å². The van der Waals surface area contributed by atoms with E-state index in [1.165, 1.54) is 6.07 Å². The molecule has 0 spiro atoms. The van der Waals surface area contributed by atoms with Gasteiger partial charge in [-0.1, -0.05) is 0 Å². The van der Waals surface area contributed by atoms with Crippen molar-refractivity contribution in [2.24, 2.45) is 0 Å². The number of pyridine rings is 1. The monoisotopic (exact) mass is 397 g/mol. The molecular formula is C18H22F3N5O2. The van der Waals surface area contributed by atoms with Crippen LogP contribution in [0.3, 0.4) is 0 Å². The molecule has 0 aliphatic carbocycles. The molecule has 3 amide bonds. The average molecular weight is 397 g/mol. The van der Waals surface area contributed by atoms with Crippen LogP contribution in [0.5, 0.6) is 0 Å². The van der Waals surface area contributed by atoms with Crippen molar-refractivity contribution in [1.82, 2.24) is 20.1 Å². The van der Waals surface area contributed by atoms with Crippen molar-refractivity contribution in [3.63, 3.8) is 0 Å². The van der Waals surface area contributed by atoms with E-state index in [0.717, 1.165) is 30.0 Å². The Bertz CT molecular complexity index is 762. The van der Waals surface area contributed by atoms with Gasteiger partial charge >= 0.3 is 12.2 Å². The normalized spacial score (nSPS) is 20.4. The first-order chi connectivity index (χ1) is 13.3. The first kappa shape index (κ1) is 20.1. The van der Waals surface area contributed by atoms with Gasteiger partial charge in [0.05, 0.1) is 0 Å². The lowest BCUT2D eigenvalue weighted by Gasteiger charge is -2.36. The number of nitrogens with one attached hydrogen (secondary N) is 2. The number of rotatable bonds is 3. The van der Waals surface area contributed by atoms with E-state index in [4.69, 9.17) is 5.41 Å². The van der Waals surface area contributed by atoms with Crippen molar-refractivity contribution in [1.29, 1.82) is 5.41 Å². The zero-order valence-electron chi connectivity index (χ0n) is 15.3. The van der Waals surface area contributed by atoms with Crippen molar-refractivity contribution >= 4 is 17.8 Å². The molecule has 0 bridgehead atoms. The molecule has 10 heteroatoms. The fourth-order valence-corrected chi connectivity index (χ4v) is 3.55. The Balaban J connectivity index is 1.68. The van der Waals surface area contributed by atoms with E-state index in [2.05, 4.69) is 10.3 Å². The number of hydrogen-bond donors (Lipinski definition) is 2. The van der Waals surface area contributed by atoms with Crippen molar-refractivity contribution in [2.45, 2.75) is 50.9 Å². The second-order valence-electron chi connectivity index (χ2n) is 6.96. The average Bonchev–Trinajstić information content (AvgIpc) is 3.19. The van der Waals surface area contributed by atoms with Crippen LogP contribution in [0, 0.1) is 5.41 Å². The highest BCUT2D eigenvalue weighted by Gasteiger charge is 2.38. The van der Waals surface area contributed by atoms with Crippen LogP contribution in [-0.2, 0) is 17.5 Å². The number of alkyl halides is 3. The first-order valence-electron chi connectivity index (χ1n) is 9.23. The SMILES string of the molecule is N=C1CCCC(C(=O)N2CCCC2)N1C(=O)NCc1ccnc(C(F)(F)F)c1. The maximum atomic E-state index is 12.8. The molecule has 2 saturated heterocycles. The number of hydrogen-bond acceptors (Lipinski definition) is 4. The molecule has 3 heterocycles. The summed E-state index contributed by atoms with van der Waals surface area (Å²) in [4.78, 5) is 31.6. The molecule has 1 atom stereocenters. The number of urea groups is 1. The summed E-state index contributed by atoms with van der Waals surface area (Å²) in [6.07, 6.45) is -0.192. The van der Waals surface area contributed by atoms with Crippen molar-refractivity contribution in [2.75, 3.05) is 13.1 Å². The Hall–Kier alpha value is -2.65. The fourth-order valence-electron chi connectivity index (χ4n) is 3.55. The van der Waals surface area contributed by atoms with E-state index in [0.29, 0.717) is 32.4 Å². The summed E-state index contributed by atoms with van der Waals surface area (Å²) in [5.74, 6) is -0.118. The molecule has 3 rings (SSSR count). The number of amidine groups is 1. The summed E-state index contributed by atoms with van der Waals surface area (Å²) in [6.45, 7) is 1.14. The number of aromatic nitrogens is 1. The van der Waals surface area contributed by atoms with Gasteiger partial charge < -0.3 is 10.2 Å². The minimum Gasteiger partial charge on any atom is -0.341 e. The second kappa shape index (κ2) is 8.15. The lowest BCUT2D eigenvalue weighted by Crippen LogP contribution is -2.57. The van der Waals surface area contributed by atoms with Crippen molar-refractivity contribution in [3.05, 3.63) is 29.6 Å². The van der Waals surface area contributed by atoms with Crippen LogP contribution in [-0.4, -0.2) is 51.7 Å². The van der Waals surface area contributed by atoms with Crippen LogP contribution in [0.15, 0.2) is 18.3 Å². The third-order valence-corrected chi connectivity index (χ3v) is 4.97. The molecule has 1 aromatic heterocycles. The number of carbonyl (C=O) groups excluding carboxylic acids is 2. The van der Waals surface area contributed by atoms with Crippen LogP contribution >= 0.6 is 0 Å². The van der Waals surface area contributed by atoms with Crippen LogP contribution in [0.4, 0.5) is 18.0 Å². The van der Waals surface area contributed by atoms with Gasteiger partial charge in [0.2, 0.25) is 5.91 Å². The molecule has 0 saturated carbocycles. The van der Waals surface area contributed by atoms with Crippen LogP contribution < -0.4 is 5.32 Å². The van der Waals surface area contributed by atoms with Crippen LogP contribution in [0.2, 0.25) is 0 Å². The lowest BCUT2D eigenvalue weighted by molar-refractivity contribution is -0.141. The molecule has 2 aliphatic heterocycles. The highest BCUT2D eigenvalue weighted by atomic mass is 19.4. The third kappa shape index (κ3) is 4.42. The number of piperidine rings is 1. The minimum atomic E-state index is -4.57. The molecule has 2 fully saturated rings. The Morgan fingerprint density at radius 1 is 1.25 bits per heavy atom. The second-order valence-corrected chi connectivity index (χ2v) is 6.96. The lowest BCUT2D eigenvalue weighted by atomic mass is 10.0. The summed E-state index contributed by atoms with van der Waals surface area (Å²) in [7, 11) is 0. The predicted molar refractivity (Wildman–Crippen MR) is 94.5 cm³/mol. The Kier molecular flexibility index (Phi) is 5.85. The van der Waals surface area contributed by atoms with E-state index in [1.54, 1.807) is 4.90 Å². The van der Waals surface area contributed by atoms with Crippen molar-refractivity contribution in [3.8, 4) is 0 Å². The molecule has 7 nitrogen and oxygen atoms in total. The summed E-state index contributed by atoms with van der Waals surface area (Å²) in [5, 5.41) is 10.6. The Morgan fingerprint density at radius 2 is 1.96 bits per heavy atom. The van der Waals surface area contributed by atoms with Gasteiger partial charge in [-0.15, -0.1) is 0 Å². The molecule has 0 aromatic carbocycles. The maximum Gasteiger partial charge on any atom is 0.433 e. The zero-order chi connectivity index (χ0) is 20.3. The third-order valence-electron chi connectivity index (χ3n) is 4.97. The molecule has 152 valence electrons. The molecule has 28 heavy (non-hydrogen) atoms. The number of halogens is 3. The molecular weight excluding hydrogens is 375 g/mol. The van der Waals surface area contributed by atoms with E-state index in [1.807, 2.05) is 0 Å². The van der Waals surface area contributed by atoms with Gasteiger partial charge in [0.1, 0.15) is 17.6 Å².